The molecule has 14 heavy (non-hydrogen) atoms. The Morgan fingerprint density at radius 2 is 2.29 bits per heavy atom. The number of nitrogens with two attached hydrogens (primary N) is 1. The molecule has 0 aromatic carbocycles. The maximum absolute atomic E-state index is 6.00. The van der Waals surface area contributed by atoms with Crippen molar-refractivity contribution in [3.8, 4) is 0 Å². The zero-order chi connectivity index (χ0) is 10.2. The van der Waals surface area contributed by atoms with E-state index in [0.29, 0.717) is 5.54 Å². The van der Waals surface area contributed by atoms with Gasteiger partial charge in [-0.25, -0.2) is 0 Å². The molecule has 1 aliphatic heterocycles. The summed E-state index contributed by atoms with van der Waals surface area (Å²) in [5, 5.41) is 0. The van der Waals surface area contributed by atoms with Gasteiger partial charge in [0.1, 0.15) is 0 Å². The van der Waals surface area contributed by atoms with Crippen LogP contribution >= 0.6 is 11.8 Å². The molecular formula is C11H22N2S. The van der Waals surface area contributed by atoms with Crippen LogP contribution in [0.5, 0.6) is 0 Å². The highest BCUT2D eigenvalue weighted by molar-refractivity contribution is 7.99. The molecule has 1 saturated heterocycles. The number of rotatable bonds is 2. The number of nitrogens with zero attached hydrogens (tertiary/aromatic N) is 1. The molecule has 2 nitrogen and oxygen atoms in total. The molecule has 2 aliphatic rings. The fourth-order valence-corrected chi connectivity index (χ4v) is 4.02. The second-order valence-electron chi connectivity index (χ2n) is 4.86. The molecule has 3 atom stereocenters. The predicted molar refractivity (Wildman–Crippen MR) is 63.7 cm³/mol. The van der Waals surface area contributed by atoms with E-state index in [9.17, 15) is 0 Å². The van der Waals surface area contributed by atoms with Crippen molar-refractivity contribution >= 4 is 11.8 Å². The van der Waals surface area contributed by atoms with Crippen LogP contribution in [0.2, 0.25) is 0 Å². The van der Waals surface area contributed by atoms with Crippen LogP contribution in [0.1, 0.15) is 26.7 Å². The quantitative estimate of drug-likeness (QED) is 0.756. The van der Waals surface area contributed by atoms with E-state index in [1.807, 2.05) is 0 Å². The third kappa shape index (κ3) is 1.50. The lowest BCUT2D eigenvalue weighted by atomic mass is 9.66. The van der Waals surface area contributed by atoms with Crippen molar-refractivity contribution in [2.24, 2.45) is 11.7 Å². The molecule has 3 heteroatoms. The van der Waals surface area contributed by atoms with E-state index in [-0.39, 0.29) is 0 Å². The Morgan fingerprint density at radius 1 is 1.50 bits per heavy atom. The zero-order valence-corrected chi connectivity index (χ0v) is 10.1. The lowest BCUT2D eigenvalue weighted by Gasteiger charge is -2.58. The van der Waals surface area contributed by atoms with Crippen molar-refractivity contribution in [1.29, 1.82) is 0 Å². The van der Waals surface area contributed by atoms with Crippen LogP contribution < -0.4 is 5.73 Å². The molecule has 2 rings (SSSR count). The molecule has 82 valence electrons. The van der Waals surface area contributed by atoms with E-state index >= 15 is 0 Å². The van der Waals surface area contributed by atoms with Crippen LogP contribution in [-0.2, 0) is 0 Å². The highest BCUT2D eigenvalue weighted by Crippen LogP contribution is 2.44. The number of thioether (sulfide) groups is 1. The molecule has 0 aromatic heterocycles. The largest absolute Gasteiger partial charge is 0.329 e. The molecule has 0 radical (unpaired) electrons. The van der Waals surface area contributed by atoms with Gasteiger partial charge in [-0.3, -0.25) is 4.90 Å². The van der Waals surface area contributed by atoms with E-state index in [1.54, 1.807) is 0 Å². The molecule has 2 N–H and O–H groups in total. The average Bonchev–Trinajstić information content (AvgIpc) is 2.20. The van der Waals surface area contributed by atoms with Gasteiger partial charge in [0, 0.05) is 36.2 Å². The summed E-state index contributed by atoms with van der Waals surface area (Å²) in [7, 11) is 0. The third-order valence-corrected chi connectivity index (χ3v) is 5.41. The first-order valence-electron chi connectivity index (χ1n) is 5.75. The molecule has 0 spiro atoms. The van der Waals surface area contributed by atoms with Gasteiger partial charge in [-0.1, -0.05) is 6.92 Å². The van der Waals surface area contributed by atoms with Gasteiger partial charge in [0.2, 0.25) is 0 Å². The highest BCUT2D eigenvalue weighted by atomic mass is 32.2. The maximum Gasteiger partial charge on any atom is 0.0360 e. The van der Waals surface area contributed by atoms with Crippen LogP contribution in [0.4, 0.5) is 0 Å². The first-order chi connectivity index (χ1) is 6.70. The number of hydrogen-bond donors (Lipinski definition) is 1. The summed E-state index contributed by atoms with van der Waals surface area (Å²) in [6.45, 7) is 6.82. The monoisotopic (exact) mass is 214 g/mol. The van der Waals surface area contributed by atoms with Crippen molar-refractivity contribution in [2.75, 3.05) is 24.6 Å². The molecule has 1 saturated carbocycles. The summed E-state index contributed by atoms with van der Waals surface area (Å²) in [5.74, 6) is 3.38. The lowest BCUT2D eigenvalue weighted by Crippen LogP contribution is -2.67. The third-order valence-electron chi connectivity index (χ3n) is 4.22. The lowest BCUT2D eigenvalue weighted by molar-refractivity contribution is -0.0455. The molecule has 1 aliphatic carbocycles. The molecular weight excluding hydrogens is 192 g/mol. The summed E-state index contributed by atoms with van der Waals surface area (Å²) in [5.41, 5.74) is 6.37. The Hall–Kier alpha value is 0.270. The van der Waals surface area contributed by atoms with E-state index in [4.69, 9.17) is 5.73 Å². The van der Waals surface area contributed by atoms with Crippen molar-refractivity contribution in [3.63, 3.8) is 0 Å². The standard InChI is InChI=1S/C11H22N2S/c1-9-3-4-11(9,8-12)13-5-6-14-7-10(13)2/h9-10H,3-8,12H2,1-2H3. The molecule has 0 amide bonds. The molecule has 0 aromatic rings. The molecule has 2 fully saturated rings. The van der Waals surface area contributed by atoms with E-state index in [0.717, 1.165) is 18.5 Å². The minimum Gasteiger partial charge on any atom is -0.329 e. The molecule has 0 bridgehead atoms. The Balaban J connectivity index is 2.10. The second-order valence-corrected chi connectivity index (χ2v) is 6.01. The van der Waals surface area contributed by atoms with Gasteiger partial charge in [-0.05, 0) is 25.7 Å². The Labute approximate surface area is 91.6 Å². The Morgan fingerprint density at radius 3 is 2.71 bits per heavy atom. The zero-order valence-electron chi connectivity index (χ0n) is 9.33. The van der Waals surface area contributed by atoms with Crippen molar-refractivity contribution in [2.45, 2.75) is 38.3 Å². The van der Waals surface area contributed by atoms with Gasteiger partial charge >= 0.3 is 0 Å². The summed E-state index contributed by atoms with van der Waals surface area (Å²) < 4.78 is 0. The molecule has 1 heterocycles. The topological polar surface area (TPSA) is 29.3 Å². The normalized spacial score (nSPS) is 44.8. The average molecular weight is 214 g/mol. The highest BCUT2D eigenvalue weighted by Gasteiger charge is 2.49. The fraction of sp³-hybridized carbons (Fsp3) is 1.00. The van der Waals surface area contributed by atoms with Crippen LogP contribution in [0, 0.1) is 5.92 Å². The van der Waals surface area contributed by atoms with E-state index < -0.39 is 0 Å². The van der Waals surface area contributed by atoms with Crippen LogP contribution in [0.3, 0.4) is 0 Å². The van der Waals surface area contributed by atoms with Gasteiger partial charge in [-0.2, -0.15) is 11.8 Å². The maximum atomic E-state index is 6.00. The van der Waals surface area contributed by atoms with Crippen LogP contribution in [-0.4, -0.2) is 41.1 Å². The van der Waals surface area contributed by atoms with Gasteiger partial charge in [-0.15, -0.1) is 0 Å². The van der Waals surface area contributed by atoms with Gasteiger partial charge in [0.25, 0.3) is 0 Å². The van der Waals surface area contributed by atoms with Gasteiger partial charge in [0.15, 0.2) is 0 Å². The van der Waals surface area contributed by atoms with Gasteiger partial charge in [0.05, 0.1) is 0 Å². The van der Waals surface area contributed by atoms with Crippen LogP contribution in [0.15, 0.2) is 0 Å². The Kier molecular flexibility index (Phi) is 3.10. The molecule has 3 unspecified atom stereocenters. The van der Waals surface area contributed by atoms with E-state index in [1.165, 1.54) is 30.9 Å². The first-order valence-corrected chi connectivity index (χ1v) is 6.91. The van der Waals surface area contributed by atoms with Crippen molar-refractivity contribution in [1.82, 2.24) is 4.90 Å². The summed E-state index contributed by atoms with van der Waals surface area (Å²) in [6, 6.07) is 0.722. The van der Waals surface area contributed by atoms with Crippen molar-refractivity contribution in [3.05, 3.63) is 0 Å². The SMILES string of the molecule is CC1CSCCN1C1(CN)CCC1C. The fourth-order valence-electron chi connectivity index (χ4n) is 3.00. The Bertz CT molecular complexity index is 205. The first kappa shape index (κ1) is 10.8. The minimum atomic E-state index is 0.362. The van der Waals surface area contributed by atoms with Crippen LogP contribution in [0.25, 0.3) is 0 Å². The predicted octanol–water partition coefficient (Wildman–Crippen LogP) is 1.55. The smallest absolute Gasteiger partial charge is 0.0360 e. The van der Waals surface area contributed by atoms with E-state index in [2.05, 4.69) is 30.5 Å². The minimum absolute atomic E-state index is 0.362. The van der Waals surface area contributed by atoms with Crippen molar-refractivity contribution < 1.29 is 0 Å². The number of hydrogen-bond acceptors (Lipinski definition) is 3. The second kappa shape index (κ2) is 4.03. The summed E-state index contributed by atoms with van der Waals surface area (Å²) >= 11 is 2.09. The summed E-state index contributed by atoms with van der Waals surface area (Å²) in [6.07, 6.45) is 2.69. The van der Waals surface area contributed by atoms with Gasteiger partial charge < -0.3 is 5.73 Å². The summed E-state index contributed by atoms with van der Waals surface area (Å²) in [4.78, 5) is 2.69.